The molecule has 5 heteroatoms. The summed E-state index contributed by atoms with van der Waals surface area (Å²) >= 11 is 0. The maximum atomic E-state index is 4.49. The van der Waals surface area contributed by atoms with Crippen molar-refractivity contribution < 1.29 is 32.7 Å². The smallest absolute Gasteiger partial charge is 0.348 e. The Morgan fingerprint density at radius 1 is 0.958 bits per heavy atom. The summed E-state index contributed by atoms with van der Waals surface area (Å²) in [6, 6.07) is 15.0. The second kappa shape index (κ2) is 8.04. The van der Waals surface area contributed by atoms with Crippen molar-refractivity contribution in [2.45, 2.75) is 33.7 Å². The number of rotatable bonds is 4. The van der Waals surface area contributed by atoms with Crippen LogP contribution < -0.4 is 5.32 Å². The number of nitrogens with one attached hydrogen (secondary N) is 1. The van der Waals surface area contributed by atoms with Gasteiger partial charge in [0, 0.05) is 5.82 Å². The van der Waals surface area contributed by atoms with E-state index in [1.165, 1.54) is 16.3 Å². The van der Waals surface area contributed by atoms with E-state index in [0.29, 0.717) is 5.95 Å². The van der Waals surface area contributed by atoms with Crippen LogP contribution in [0.2, 0.25) is 0 Å². The van der Waals surface area contributed by atoms with Gasteiger partial charge in [0.1, 0.15) is 5.82 Å². The summed E-state index contributed by atoms with van der Waals surface area (Å²) in [5.74, 6) is 3.17. The maximum Gasteiger partial charge on any atom is 3.00 e. The van der Waals surface area contributed by atoms with Crippen molar-refractivity contribution in [1.82, 2.24) is 15.0 Å². The molecule has 1 aromatic heterocycles. The third kappa shape index (κ3) is 4.31. The van der Waals surface area contributed by atoms with Crippen molar-refractivity contribution in [3.63, 3.8) is 0 Å². The largest absolute Gasteiger partial charge is 3.00 e. The summed E-state index contributed by atoms with van der Waals surface area (Å²) in [5, 5.41) is 5.87. The molecule has 1 unspecified atom stereocenters. The van der Waals surface area contributed by atoms with Crippen LogP contribution in [-0.2, 0) is 32.7 Å². The topological polar surface area (TPSA) is 50.7 Å². The second-order valence-corrected chi connectivity index (χ2v) is 6.00. The minimum Gasteiger partial charge on any atom is -0.348 e. The van der Waals surface area contributed by atoms with E-state index in [4.69, 9.17) is 0 Å². The van der Waals surface area contributed by atoms with Gasteiger partial charge in [0.25, 0.3) is 0 Å². The molecule has 24 heavy (non-hydrogen) atoms. The quantitative estimate of drug-likeness (QED) is 0.664. The van der Waals surface area contributed by atoms with Crippen LogP contribution in [0.15, 0.2) is 42.5 Å². The summed E-state index contributed by atoms with van der Waals surface area (Å²) in [6.07, 6.45) is 0. The molecule has 0 saturated carbocycles. The zero-order chi connectivity index (χ0) is 16.4. The van der Waals surface area contributed by atoms with E-state index >= 15 is 0 Å². The molecule has 0 radical (unpaired) electrons. The van der Waals surface area contributed by atoms with Gasteiger partial charge < -0.3 is 11.2 Å². The Bertz CT molecular complexity index is 832. The molecule has 0 spiro atoms. The normalized spacial score (nSPS) is 11.7. The zero-order valence-electron chi connectivity index (χ0n) is 14.5. The van der Waals surface area contributed by atoms with Gasteiger partial charge in [0.15, 0.2) is 0 Å². The average Bonchev–Trinajstić information content (AvgIpc) is 2.53. The molecular formula is C19H21N4Y+2. The van der Waals surface area contributed by atoms with Crippen LogP contribution in [0.5, 0.6) is 0 Å². The molecule has 4 nitrogen and oxygen atoms in total. The molecule has 1 atom stereocenters. The molecule has 0 saturated heterocycles. The van der Waals surface area contributed by atoms with E-state index in [0.717, 1.165) is 17.6 Å². The predicted molar refractivity (Wildman–Crippen MR) is 94.2 cm³/mol. The summed E-state index contributed by atoms with van der Waals surface area (Å²) < 4.78 is 0. The SMILES string of the molecule is Cc1nc(NC(C)c2ccc3ccccc3c2)nc([C-](C)C)n1.[Y+3]. The monoisotopic (exact) mass is 394 g/mol. The molecule has 0 aliphatic heterocycles. The van der Waals surface area contributed by atoms with Gasteiger partial charge in [-0.2, -0.15) is 18.8 Å². The van der Waals surface area contributed by atoms with Crippen LogP contribution >= 0.6 is 0 Å². The number of hydrogen-bond donors (Lipinski definition) is 1. The minimum absolute atomic E-state index is 0. The van der Waals surface area contributed by atoms with Gasteiger partial charge in [0.2, 0.25) is 5.95 Å². The Balaban J connectivity index is 0.00000208. The number of anilines is 1. The Labute approximate surface area is 168 Å². The summed E-state index contributed by atoms with van der Waals surface area (Å²) in [6.45, 7) is 8.02. The molecule has 3 aromatic rings. The zero-order valence-corrected chi connectivity index (χ0v) is 17.4. The molecule has 3 rings (SSSR count). The Hall–Kier alpha value is -1.52. The van der Waals surface area contributed by atoms with E-state index in [1.54, 1.807) is 0 Å². The van der Waals surface area contributed by atoms with Gasteiger partial charge in [-0.25, -0.2) is 4.98 Å². The first kappa shape index (κ1) is 18.8. The van der Waals surface area contributed by atoms with Crippen LogP contribution in [0.1, 0.15) is 44.0 Å². The molecule has 0 fully saturated rings. The molecule has 0 amide bonds. The van der Waals surface area contributed by atoms with Crippen molar-refractivity contribution in [1.29, 1.82) is 0 Å². The fourth-order valence-electron chi connectivity index (χ4n) is 2.52. The summed E-state index contributed by atoms with van der Waals surface area (Å²) in [4.78, 5) is 13.2. The van der Waals surface area contributed by atoms with Crippen LogP contribution in [0.3, 0.4) is 0 Å². The molecule has 118 valence electrons. The van der Waals surface area contributed by atoms with Gasteiger partial charge >= 0.3 is 32.7 Å². The van der Waals surface area contributed by atoms with Crippen LogP contribution in [0.4, 0.5) is 5.95 Å². The van der Waals surface area contributed by atoms with Gasteiger partial charge in [-0.3, -0.25) is 4.98 Å². The number of aryl methyl sites for hydroxylation is 1. The number of fused-ring (bicyclic) bond motifs is 1. The van der Waals surface area contributed by atoms with Crippen molar-refractivity contribution in [2.24, 2.45) is 0 Å². The standard InChI is InChI=1S/C19H21N4.Y/c1-12(2)18-21-14(4)22-19(23-18)20-13(3)16-10-9-15-7-5-6-8-17(15)11-16;/h5-11,13H,1-4H3,(H,20,21,22,23);/q-1;+3. The van der Waals surface area contributed by atoms with Crippen LogP contribution in [-0.4, -0.2) is 15.0 Å². The minimum atomic E-state index is 0. The van der Waals surface area contributed by atoms with Crippen molar-refractivity contribution >= 4 is 16.7 Å². The van der Waals surface area contributed by atoms with Crippen LogP contribution in [0, 0.1) is 12.8 Å². The van der Waals surface area contributed by atoms with Crippen LogP contribution in [0.25, 0.3) is 10.8 Å². The Kier molecular flexibility index (Phi) is 6.30. The Morgan fingerprint density at radius 3 is 2.38 bits per heavy atom. The van der Waals surface area contributed by atoms with E-state index in [-0.39, 0.29) is 38.8 Å². The van der Waals surface area contributed by atoms with Gasteiger partial charge in [-0.1, -0.05) is 36.4 Å². The van der Waals surface area contributed by atoms with E-state index in [2.05, 4.69) is 69.7 Å². The van der Waals surface area contributed by atoms with Gasteiger partial charge in [0.05, 0.1) is 6.04 Å². The molecule has 1 N–H and O–H groups in total. The molecule has 0 aliphatic rings. The number of aromatic nitrogens is 3. The third-order valence-corrected chi connectivity index (χ3v) is 3.81. The first-order chi connectivity index (χ1) is 11.0. The fraction of sp³-hybridized carbons (Fsp3) is 0.263. The van der Waals surface area contributed by atoms with Crippen molar-refractivity contribution in [2.75, 3.05) is 5.32 Å². The van der Waals surface area contributed by atoms with E-state index < -0.39 is 0 Å². The Morgan fingerprint density at radius 2 is 1.67 bits per heavy atom. The summed E-state index contributed by atoms with van der Waals surface area (Å²) in [7, 11) is 0. The average molecular weight is 394 g/mol. The summed E-state index contributed by atoms with van der Waals surface area (Å²) in [5.41, 5.74) is 1.21. The first-order valence-electron chi connectivity index (χ1n) is 7.81. The molecular weight excluding hydrogens is 373 g/mol. The fourth-order valence-corrected chi connectivity index (χ4v) is 2.52. The van der Waals surface area contributed by atoms with Gasteiger partial charge in [-0.05, 0) is 36.2 Å². The number of benzene rings is 2. The predicted octanol–water partition coefficient (Wildman–Crippen LogP) is 4.47. The second-order valence-electron chi connectivity index (χ2n) is 6.00. The van der Waals surface area contributed by atoms with Gasteiger partial charge in [-0.15, -0.1) is 0 Å². The van der Waals surface area contributed by atoms with Crippen molar-refractivity contribution in [3.8, 4) is 0 Å². The van der Waals surface area contributed by atoms with E-state index in [1.807, 2.05) is 20.8 Å². The third-order valence-electron chi connectivity index (χ3n) is 3.81. The first-order valence-corrected chi connectivity index (χ1v) is 7.81. The maximum absolute atomic E-state index is 4.49. The number of hydrogen-bond acceptors (Lipinski definition) is 4. The molecule has 0 aliphatic carbocycles. The molecule has 1 heterocycles. The molecule has 2 aromatic carbocycles. The van der Waals surface area contributed by atoms with E-state index in [9.17, 15) is 0 Å². The molecule has 0 bridgehead atoms. The number of nitrogens with zero attached hydrogens (tertiary/aromatic N) is 3. The van der Waals surface area contributed by atoms with Crippen molar-refractivity contribution in [3.05, 3.63) is 65.6 Å².